The number of hydrogen-bond donors (Lipinski definition) is 1. The summed E-state index contributed by atoms with van der Waals surface area (Å²) in [7, 11) is 0. The Morgan fingerprint density at radius 2 is 1.47 bits per heavy atom. The molecule has 0 aliphatic heterocycles. The van der Waals surface area contributed by atoms with Crippen LogP contribution in [0.1, 0.15) is 45.2 Å². The van der Waals surface area contributed by atoms with E-state index >= 15 is 0 Å². The predicted octanol–water partition coefficient (Wildman–Crippen LogP) is 6.40. The smallest absolute Gasteiger partial charge is 0.333 e. The molecule has 0 bridgehead atoms. The topological polar surface area (TPSA) is 65.0 Å². The molecule has 0 fully saturated rings. The maximum Gasteiger partial charge on any atom is 0.333 e. The van der Waals surface area contributed by atoms with E-state index in [4.69, 9.17) is 9.47 Å². The van der Waals surface area contributed by atoms with Crippen LogP contribution in [0, 0.1) is 0 Å². The zero-order chi connectivity index (χ0) is 23.8. The number of hydrogen-bond acceptors (Lipinski definition) is 5. The van der Waals surface area contributed by atoms with Crippen LogP contribution in [0.3, 0.4) is 0 Å². The number of esters is 1. The molecule has 0 saturated carbocycles. The van der Waals surface area contributed by atoms with Gasteiger partial charge in [-0.05, 0) is 56.2 Å². The normalized spacial score (nSPS) is 11.6. The number of benzene rings is 2. The van der Waals surface area contributed by atoms with Gasteiger partial charge < -0.3 is 19.3 Å². The van der Waals surface area contributed by atoms with Gasteiger partial charge >= 0.3 is 5.97 Å². The highest BCUT2D eigenvalue weighted by Crippen LogP contribution is 2.16. The number of aromatic hydroxyl groups is 1. The molecule has 5 heteroatoms. The van der Waals surface area contributed by atoms with E-state index in [9.17, 15) is 9.90 Å². The minimum absolute atomic E-state index is 0.190. The van der Waals surface area contributed by atoms with Gasteiger partial charge in [0.15, 0.2) is 6.29 Å². The number of carbonyl (C=O) groups excluding carboxylic acids is 1. The van der Waals surface area contributed by atoms with E-state index in [-0.39, 0.29) is 18.0 Å². The molecule has 2 rings (SSSR count). The lowest BCUT2D eigenvalue weighted by Gasteiger charge is -2.17. The molecule has 1 N–H and O–H groups in total. The summed E-state index contributed by atoms with van der Waals surface area (Å²) in [5, 5.41) is 9.24. The summed E-state index contributed by atoms with van der Waals surface area (Å²) >= 11 is 0. The van der Waals surface area contributed by atoms with Gasteiger partial charge in [-0.1, -0.05) is 62.1 Å². The van der Waals surface area contributed by atoms with Crippen molar-refractivity contribution in [2.45, 2.75) is 40.4 Å². The van der Waals surface area contributed by atoms with Crippen molar-refractivity contribution in [3.05, 3.63) is 84.0 Å². The molecule has 32 heavy (non-hydrogen) atoms. The molecule has 0 aliphatic carbocycles. The van der Waals surface area contributed by atoms with Crippen molar-refractivity contribution in [3.63, 3.8) is 0 Å². The number of carbonyl (C=O) groups is 1. The lowest BCUT2D eigenvalue weighted by atomic mass is 10.2. The molecule has 1 atom stereocenters. The monoisotopic (exact) mass is 438 g/mol. The number of rotatable bonds is 10. The summed E-state index contributed by atoms with van der Waals surface area (Å²) in [5.41, 5.74) is 2.59. The van der Waals surface area contributed by atoms with Gasteiger partial charge in [0.2, 0.25) is 0 Å². The molecule has 0 spiro atoms. The molecule has 0 aromatic heterocycles. The number of phenols is 1. The molecular formula is C27H34O5. The van der Waals surface area contributed by atoms with Crippen LogP contribution in [0.4, 0.5) is 0 Å². The third-order valence-electron chi connectivity index (χ3n) is 4.04. The van der Waals surface area contributed by atoms with Crippen LogP contribution in [0.15, 0.2) is 72.8 Å². The first-order valence-corrected chi connectivity index (χ1v) is 10.7. The summed E-state index contributed by atoms with van der Waals surface area (Å²) < 4.78 is 15.8. The van der Waals surface area contributed by atoms with Gasteiger partial charge in [-0.2, -0.15) is 0 Å². The van der Waals surface area contributed by atoms with Crippen LogP contribution in [0.25, 0.3) is 12.2 Å². The summed E-state index contributed by atoms with van der Waals surface area (Å²) in [5.74, 6) is 0.777. The summed E-state index contributed by atoms with van der Waals surface area (Å²) in [4.78, 5) is 10.4. The maximum absolute atomic E-state index is 10.4. The third kappa shape index (κ3) is 11.2. The Labute approximate surface area is 191 Å². The van der Waals surface area contributed by atoms with Crippen molar-refractivity contribution in [1.29, 1.82) is 0 Å². The first kappa shape index (κ1) is 26.7. The number of allylic oxidation sites excluding steroid dienone is 2. The van der Waals surface area contributed by atoms with Gasteiger partial charge in [0.1, 0.15) is 11.5 Å². The molecule has 0 saturated heterocycles. The average molecular weight is 439 g/mol. The average Bonchev–Trinajstić information content (AvgIpc) is 2.79. The fraction of sp³-hybridized carbons (Fsp3) is 0.296. The molecule has 2 aromatic rings. The summed E-state index contributed by atoms with van der Waals surface area (Å²) in [6.07, 6.45) is 8.60. The van der Waals surface area contributed by atoms with Gasteiger partial charge in [-0.25, -0.2) is 4.79 Å². The van der Waals surface area contributed by atoms with Crippen molar-refractivity contribution in [3.8, 4) is 11.5 Å². The highest BCUT2D eigenvalue weighted by molar-refractivity contribution is 5.86. The fourth-order valence-corrected chi connectivity index (χ4v) is 2.40. The maximum atomic E-state index is 10.4. The minimum Gasteiger partial charge on any atom is -0.508 e. The van der Waals surface area contributed by atoms with Crippen molar-refractivity contribution < 1.29 is 24.1 Å². The minimum atomic E-state index is -0.312. The fourth-order valence-electron chi connectivity index (χ4n) is 2.40. The first-order valence-electron chi connectivity index (χ1n) is 10.7. The lowest BCUT2D eigenvalue weighted by molar-refractivity contribution is -0.138. The molecule has 5 nitrogen and oxygen atoms in total. The second-order valence-electron chi connectivity index (χ2n) is 6.79. The molecule has 172 valence electrons. The molecule has 0 heterocycles. The SMILES string of the molecule is C=C(C)C(=O)OCC.CCOC(CC)Oc1ccc(C=CC=Cc2ccc(O)cc2)cc1. The standard InChI is InChI=1S/C21H24O3.C6H10O2/c1-3-21(23-4-2)24-20-15-11-18(12-16-20)8-6-5-7-17-9-13-19(22)14-10-17;1-4-8-6(7)5(2)3/h5-16,21-22H,3-4H2,1-2H3;2,4H2,1,3H3. The van der Waals surface area contributed by atoms with Gasteiger partial charge in [-0.3, -0.25) is 0 Å². The zero-order valence-corrected chi connectivity index (χ0v) is 19.4. The van der Waals surface area contributed by atoms with Crippen LogP contribution < -0.4 is 4.74 Å². The van der Waals surface area contributed by atoms with E-state index in [0.29, 0.717) is 18.8 Å². The predicted molar refractivity (Wildman–Crippen MR) is 130 cm³/mol. The van der Waals surface area contributed by atoms with E-state index in [0.717, 1.165) is 23.3 Å². The molecular weight excluding hydrogens is 404 g/mol. The Bertz CT molecular complexity index is 864. The van der Waals surface area contributed by atoms with Crippen molar-refractivity contribution >= 4 is 18.1 Å². The quantitative estimate of drug-likeness (QED) is 0.201. The Balaban J connectivity index is 0.000000547. The highest BCUT2D eigenvalue weighted by atomic mass is 16.7. The van der Waals surface area contributed by atoms with Crippen molar-refractivity contribution in [2.75, 3.05) is 13.2 Å². The Hall–Kier alpha value is -3.31. The molecule has 0 amide bonds. The second-order valence-corrected chi connectivity index (χ2v) is 6.79. The van der Waals surface area contributed by atoms with E-state index < -0.39 is 0 Å². The van der Waals surface area contributed by atoms with Crippen LogP contribution in [0.2, 0.25) is 0 Å². The van der Waals surface area contributed by atoms with E-state index in [1.807, 2.05) is 74.5 Å². The van der Waals surface area contributed by atoms with Gasteiger partial charge in [0.25, 0.3) is 0 Å². The Kier molecular flexibility index (Phi) is 12.9. The van der Waals surface area contributed by atoms with Gasteiger partial charge in [0, 0.05) is 18.6 Å². The van der Waals surface area contributed by atoms with Gasteiger partial charge in [0.05, 0.1) is 6.61 Å². The van der Waals surface area contributed by atoms with E-state index in [1.54, 1.807) is 26.0 Å². The van der Waals surface area contributed by atoms with Crippen LogP contribution in [-0.2, 0) is 14.3 Å². The third-order valence-corrected chi connectivity index (χ3v) is 4.04. The molecule has 2 aromatic carbocycles. The lowest BCUT2D eigenvalue weighted by Crippen LogP contribution is -2.19. The van der Waals surface area contributed by atoms with Crippen molar-refractivity contribution in [2.24, 2.45) is 0 Å². The highest BCUT2D eigenvalue weighted by Gasteiger charge is 2.06. The van der Waals surface area contributed by atoms with Crippen molar-refractivity contribution in [1.82, 2.24) is 0 Å². The number of ether oxygens (including phenoxy) is 3. The van der Waals surface area contributed by atoms with E-state index in [1.165, 1.54) is 0 Å². The first-order chi connectivity index (χ1) is 15.4. The molecule has 0 radical (unpaired) electrons. The largest absolute Gasteiger partial charge is 0.508 e. The number of phenolic OH excluding ortho intramolecular Hbond substituents is 1. The van der Waals surface area contributed by atoms with E-state index in [2.05, 4.69) is 11.3 Å². The zero-order valence-electron chi connectivity index (χ0n) is 19.4. The van der Waals surface area contributed by atoms with Crippen LogP contribution in [-0.4, -0.2) is 30.6 Å². The molecule has 1 unspecified atom stereocenters. The second kappa shape index (κ2) is 15.5. The Morgan fingerprint density at radius 3 is 1.88 bits per heavy atom. The summed E-state index contributed by atoms with van der Waals surface area (Å²) in [6.45, 7) is 11.9. The molecule has 0 aliphatic rings. The summed E-state index contributed by atoms with van der Waals surface area (Å²) in [6, 6.07) is 15.0. The van der Waals surface area contributed by atoms with Crippen LogP contribution >= 0.6 is 0 Å². The van der Waals surface area contributed by atoms with Gasteiger partial charge in [-0.15, -0.1) is 0 Å². The Morgan fingerprint density at radius 1 is 0.938 bits per heavy atom. The van der Waals surface area contributed by atoms with Crippen LogP contribution in [0.5, 0.6) is 11.5 Å².